The third-order valence-corrected chi connectivity index (χ3v) is 4.77. The van der Waals surface area contributed by atoms with Crippen LogP contribution in [0, 0.1) is 0 Å². The number of likely N-dealkylation sites (tertiary alicyclic amines) is 1. The van der Waals surface area contributed by atoms with Crippen molar-refractivity contribution in [3.05, 3.63) is 22.6 Å². The zero-order valence-electron chi connectivity index (χ0n) is 10.7. The third kappa shape index (κ3) is 2.75. The monoisotopic (exact) mass is 332 g/mol. The molecule has 1 aliphatic rings. The van der Waals surface area contributed by atoms with E-state index in [9.17, 15) is 4.79 Å². The Balaban J connectivity index is 2.09. The van der Waals surface area contributed by atoms with Gasteiger partial charge in [0.25, 0.3) is 5.91 Å². The minimum Gasteiger partial charge on any atom is -0.444 e. The fourth-order valence-electron chi connectivity index (χ4n) is 2.24. The maximum atomic E-state index is 12.3. The van der Waals surface area contributed by atoms with E-state index in [0.29, 0.717) is 21.7 Å². The Morgan fingerprint density at radius 1 is 1.50 bits per heavy atom. The van der Waals surface area contributed by atoms with Crippen molar-refractivity contribution < 1.29 is 9.21 Å². The highest BCUT2D eigenvalue weighted by atomic mass is 79.9. The molecule has 4 nitrogen and oxygen atoms in total. The van der Waals surface area contributed by atoms with Gasteiger partial charge in [0.15, 0.2) is 10.4 Å². The van der Waals surface area contributed by atoms with Crippen LogP contribution in [0.25, 0.3) is 0 Å². The summed E-state index contributed by atoms with van der Waals surface area (Å²) in [6.07, 6.45) is 2.10. The number of furan rings is 1. The van der Waals surface area contributed by atoms with Crippen LogP contribution in [0.2, 0.25) is 0 Å². The molecule has 2 rings (SSSR count). The molecule has 0 aromatic carbocycles. The Morgan fingerprint density at radius 3 is 2.67 bits per heavy atom. The molecule has 0 N–H and O–H groups in total. The van der Waals surface area contributed by atoms with E-state index in [4.69, 9.17) is 4.42 Å². The Hall–Kier alpha value is -0.460. The molecule has 1 aromatic rings. The molecule has 2 heterocycles. The van der Waals surface area contributed by atoms with Crippen LogP contribution in [0.4, 0.5) is 0 Å². The molecule has 6 heteroatoms. The lowest BCUT2D eigenvalue weighted by Crippen LogP contribution is -2.37. The van der Waals surface area contributed by atoms with E-state index >= 15 is 0 Å². The predicted octanol–water partition coefficient (Wildman–Crippen LogP) is 2.16. The zero-order valence-corrected chi connectivity index (χ0v) is 13.1. The Morgan fingerprint density at radius 2 is 2.22 bits per heavy atom. The second-order valence-electron chi connectivity index (χ2n) is 4.62. The zero-order chi connectivity index (χ0) is 13.3. The first-order valence-electron chi connectivity index (χ1n) is 5.76. The summed E-state index contributed by atoms with van der Waals surface area (Å²) in [5, 5.41) is 0.461. The fourth-order valence-corrected chi connectivity index (χ4v) is 3.51. The molecule has 2 unspecified atom stereocenters. The maximum Gasteiger partial charge on any atom is 0.289 e. The normalized spacial score (nSPS) is 23.9. The standard InChI is InChI=1S/C12H17BrN2O2S/c1-14(2)8-6-15(7-10(8)18-3)12(16)9-4-5-11(13)17-9/h4-5,8,10H,6-7H2,1-3H3. The number of carbonyl (C=O) groups excluding carboxylic acids is 1. The predicted molar refractivity (Wildman–Crippen MR) is 77.1 cm³/mol. The Bertz CT molecular complexity index is 435. The van der Waals surface area contributed by atoms with Gasteiger partial charge in [-0.1, -0.05) is 0 Å². The van der Waals surface area contributed by atoms with E-state index < -0.39 is 0 Å². The van der Waals surface area contributed by atoms with Crippen molar-refractivity contribution in [2.24, 2.45) is 0 Å². The highest BCUT2D eigenvalue weighted by Gasteiger charge is 2.37. The number of nitrogens with zero attached hydrogens (tertiary/aromatic N) is 2. The average Bonchev–Trinajstić information content (AvgIpc) is 2.93. The molecule has 100 valence electrons. The number of hydrogen-bond acceptors (Lipinski definition) is 4. The molecule has 2 atom stereocenters. The number of carbonyl (C=O) groups is 1. The van der Waals surface area contributed by atoms with Gasteiger partial charge >= 0.3 is 0 Å². The molecule has 1 saturated heterocycles. The number of halogens is 1. The molecule has 1 aromatic heterocycles. The van der Waals surface area contributed by atoms with Gasteiger partial charge in [-0.05, 0) is 48.4 Å². The molecule has 18 heavy (non-hydrogen) atoms. The van der Waals surface area contributed by atoms with E-state index in [-0.39, 0.29) is 5.91 Å². The summed E-state index contributed by atoms with van der Waals surface area (Å²) >= 11 is 5.03. The number of rotatable bonds is 3. The van der Waals surface area contributed by atoms with E-state index in [1.165, 1.54) is 0 Å². The second-order valence-corrected chi connectivity index (χ2v) is 6.48. The minimum absolute atomic E-state index is 0.0240. The summed E-state index contributed by atoms with van der Waals surface area (Å²) in [6, 6.07) is 3.87. The summed E-state index contributed by atoms with van der Waals surface area (Å²) in [4.78, 5) is 16.3. The van der Waals surface area contributed by atoms with Gasteiger partial charge in [0, 0.05) is 24.4 Å². The lowest BCUT2D eigenvalue weighted by molar-refractivity contribution is 0.0750. The van der Waals surface area contributed by atoms with Gasteiger partial charge in [-0.25, -0.2) is 0 Å². The van der Waals surface area contributed by atoms with Crippen molar-refractivity contribution in [1.82, 2.24) is 9.80 Å². The van der Waals surface area contributed by atoms with E-state index in [1.807, 2.05) is 16.7 Å². The first-order chi connectivity index (χ1) is 8.52. The smallest absolute Gasteiger partial charge is 0.289 e. The largest absolute Gasteiger partial charge is 0.444 e. The molecule has 0 saturated carbocycles. The minimum atomic E-state index is -0.0240. The van der Waals surface area contributed by atoms with Gasteiger partial charge in [-0.3, -0.25) is 4.79 Å². The quantitative estimate of drug-likeness (QED) is 0.849. The van der Waals surface area contributed by atoms with E-state index in [1.54, 1.807) is 12.1 Å². The van der Waals surface area contributed by atoms with E-state index in [0.717, 1.165) is 13.1 Å². The van der Waals surface area contributed by atoms with Crippen LogP contribution in [0.1, 0.15) is 10.6 Å². The van der Waals surface area contributed by atoms with Crippen LogP contribution in [0.5, 0.6) is 0 Å². The van der Waals surface area contributed by atoms with Crippen molar-refractivity contribution in [3.63, 3.8) is 0 Å². The first-order valence-corrected chi connectivity index (χ1v) is 7.85. The number of thioether (sulfide) groups is 1. The summed E-state index contributed by atoms with van der Waals surface area (Å²) in [7, 11) is 4.12. The number of likely N-dealkylation sites (N-methyl/N-ethyl adjacent to an activating group) is 1. The maximum absolute atomic E-state index is 12.3. The third-order valence-electron chi connectivity index (χ3n) is 3.27. The van der Waals surface area contributed by atoms with Crippen molar-refractivity contribution in [1.29, 1.82) is 0 Å². The van der Waals surface area contributed by atoms with Crippen LogP contribution >= 0.6 is 27.7 Å². The molecule has 1 amide bonds. The lowest BCUT2D eigenvalue weighted by atomic mass is 10.2. The molecule has 1 aliphatic heterocycles. The number of hydrogen-bond donors (Lipinski definition) is 0. The molecule has 0 radical (unpaired) electrons. The fraction of sp³-hybridized carbons (Fsp3) is 0.583. The molecule has 1 fully saturated rings. The summed E-state index contributed by atoms with van der Waals surface area (Å²) < 4.78 is 5.92. The van der Waals surface area contributed by atoms with E-state index in [2.05, 4.69) is 41.2 Å². The van der Waals surface area contributed by atoms with Gasteiger partial charge < -0.3 is 14.2 Å². The molecule has 0 spiro atoms. The van der Waals surface area contributed by atoms with Crippen molar-refractivity contribution in [3.8, 4) is 0 Å². The van der Waals surface area contributed by atoms with Gasteiger partial charge in [0.2, 0.25) is 0 Å². The highest BCUT2D eigenvalue weighted by Crippen LogP contribution is 2.26. The van der Waals surface area contributed by atoms with Crippen LogP contribution in [-0.2, 0) is 0 Å². The topological polar surface area (TPSA) is 36.7 Å². The molecule has 0 bridgehead atoms. The average molecular weight is 333 g/mol. The van der Waals surface area contributed by atoms with Crippen molar-refractivity contribution in [2.45, 2.75) is 11.3 Å². The van der Waals surface area contributed by atoms with Crippen LogP contribution in [0.15, 0.2) is 21.2 Å². The summed E-state index contributed by atoms with van der Waals surface area (Å²) in [5.74, 6) is 0.380. The second kappa shape index (κ2) is 5.67. The first kappa shape index (κ1) is 14.0. The molecular weight excluding hydrogens is 316 g/mol. The van der Waals surface area contributed by atoms with Crippen LogP contribution < -0.4 is 0 Å². The van der Waals surface area contributed by atoms with Gasteiger partial charge in [-0.2, -0.15) is 11.8 Å². The lowest BCUT2D eigenvalue weighted by Gasteiger charge is -2.23. The molecule has 0 aliphatic carbocycles. The van der Waals surface area contributed by atoms with Crippen LogP contribution in [0.3, 0.4) is 0 Å². The highest BCUT2D eigenvalue weighted by molar-refractivity contribution is 9.10. The number of amides is 1. The van der Waals surface area contributed by atoms with Gasteiger partial charge in [-0.15, -0.1) is 0 Å². The van der Waals surface area contributed by atoms with Crippen LogP contribution in [-0.4, -0.2) is 60.4 Å². The molecular formula is C12H17BrN2O2S. The summed E-state index contributed by atoms with van der Waals surface area (Å²) in [5.41, 5.74) is 0. The van der Waals surface area contributed by atoms with Crippen molar-refractivity contribution in [2.75, 3.05) is 33.4 Å². The van der Waals surface area contributed by atoms with Gasteiger partial charge in [0.1, 0.15) is 0 Å². The Kier molecular flexibility index (Phi) is 4.40. The van der Waals surface area contributed by atoms with Crippen molar-refractivity contribution >= 4 is 33.6 Å². The summed E-state index contributed by atoms with van der Waals surface area (Å²) in [6.45, 7) is 1.54. The SMILES string of the molecule is CSC1CN(C(=O)c2ccc(Br)o2)CC1N(C)C. The van der Waals surface area contributed by atoms with Gasteiger partial charge in [0.05, 0.1) is 0 Å². The Labute approximate surface area is 120 Å².